The maximum atomic E-state index is 10.1. The number of aliphatic hydroxyl groups is 1. The molecule has 1 atom stereocenters. The normalized spacial score (nSPS) is 17.5. The Bertz CT molecular complexity index is 579. The van der Waals surface area contributed by atoms with Crippen LogP contribution in [0.5, 0.6) is 5.75 Å². The first kappa shape index (κ1) is 17.0. The Morgan fingerprint density at radius 3 is 2.25 bits per heavy atom. The van der Waals surface area contributed by atoms with E-state index in [9.17, 15) is 5.11 Å². The molecule has 0 bridgehead atoms. The van der Waals surface area contributed by atoms with E-state index in [1.54, 1.807) is 0 Å². The van der Waals surface area contributed by atoms with E-state index < -0.39 is 6.10 Å². The van der Waals surface area contributed by atoms with Gasteiger partial charge in [0, 0.05) is 6.54 Å². The van der Waals surface area contributed by atoms with Gasteiger partial charge >= 0.3 is 0 Å². The predicted molar refractivity (Wildman–Crippen MR) is 97.4 cm³/mol. The number of ether oxygens (including phenoxy) is 1. The average Bonchev–Trinajstić information content (AvgIpc) is 2.67. The molecule has 1 saturated heterocycles. The second kappa shape index (κ2) is 8.86. The molecule has 0 radical (unpaired) electrons. The third kappa shape index (κ3) is 5.08. The molecule has 3 heteroatoms. The first-order chi connectivity index (χ1) is 11.8. The highest BCUT2D eigenvalue weighted by atomic mass is 16.5. The molecule has 0 amide bonds. The van der Waals surface area contributed by atoms with Gasteiger partial charge < -0.3 is 14.7 Å². The Morgan fingerprint density at radius 1 is 0.958 bits per heavy atom. The number of hydrogen-bond donors (Lipinski definition) is 1. The summed E-state index contributed by atoms with van der Waals surface area (Å²) >= 11 is 0. The van der Waals surface area contributed by atoms with E-state index >= 15 is 0 Å². The van der Waals surface area contributed by atoms with E-state index in [0.717, 1.165) is 31.8 Å². The number of hydrogen-bond acceptors (Lipinski definition) is 3. The van der Waals surface area contributed by atoms with Gasteiger partial charge in [0.25, 0.3) is 0 Å². The van der Waals surface area contributed by atoms with Gasteiger partial charge in [-0.2, -0.15) is 0 Å². The van der Waals surface area contributed by atoms with Gasteiger partial charge in [-0.15, -0.1) is 0 Å². The lowest BCUT2D eigenvalue weighted by molar-refractivity contribution is 0.0833. The minimum atomic E-state index is -0.406. The van der Waals surface area contributed by atoms with Gasteiger partial charge in [0.15, 0.2) is 0 Å². The summed E-state index contributed by atoms with van der Waals surface area (Å²) < 4.78 is 5.61. The van der Waals surface area contributed by atoms with Crippen LogP contribution in [-0.4, -0.2) is 42.4 Å². The summed E-state index contributed by atoms with van der Waals surface area (Å²) in [6.07, 6.45) is 2.78. The molecule has 1 N–H and O–H groups in total. The lowest BCUT2D eigenvalue weighted by atomic mass is 9.89. The molecule has 24 heavy (non-hydrogen) atoms. The van der Waals surface area contributed by atoms with Gasteiger partial charge in [-0.05, 0) is 56.0 Å². The molecule has 2 aromatic rings. The lowest BCUT2D eigenvalue weighted by Crippen LogP contribution is -2.35. The fourth-order valence-corrected chi connectivity index (χ4v) is 3.34. The van der Waals surface area contributed by atoms with Gasteiger partial charge in [0.2, 0.25) is 0 Å². The van der Waals surface area contributed by atoms with E-state index in [1.807, 2.05) is 30.3 Å². The van der Waals surface area contributed by atoms with Crippen molar-refractivity contribution < 1.29 is 9.84 Å². The van der Waals surface area contributed by atoms with Crippen molar-refractivity contribution in [2.45, 2.75) is 31.3 Å². The number of benzene rings is 2. The van der Waals surface area contributed by atoms with E-state index in [1.165, 1.54) is 18.4 Å². The van der Waals surface area contributed by atoms with Crippen LogP contribution < -0.4 is 4.74 Å². The first-order valence-electron chi connectivity index (χ1n) is 8.94. The van der Waals surface area contributed by atoms with Crippen molar-refractivity contribution in [2.75, 3.05) is 26.2 Å². The Kier molecular flexibility index (Phi) is 6.27. The van der Waals surface area contributed by atoms with E-state index in [-0.39, 0.29) is 0 Å². The Balaban J connectivity index is 1.34. The van der Waals surface area contributed by atoms with Crippen LogP contribution in [0.25, 0.3) is 0 Å². The summed E-state index contributed by atoms with van der Waals surface area (Å²) in [6.45, 7) is 3.54. The zero-order valence-electron chi connectivity index (χ0n) is 14.2. The molecule has 3 rings (SSSR count). The Hall–Kier alpha value is -1.84. The van der Waals surface area contributed by atoms with E-state index in [2.05, 4.69) is 35.2 Å². The zero-order valence-corrected chi connectivity index (χ0v) is 14.2. The average molecular weight is 325 g/mol. The summed E-state index contributed by atoms with van der Waals surface area (Å²) in [7, 11) is 0. The molecule has 0 aromatic heterocycles. The lowest BCUT2D eigenvalue weighted by Gasteiger charge is -2.32. The topological polar surface area (TPSA) is 32.7 Å². The van der Waals surface area contributed by atoms with E-state index in [0.29, 0.717) is 12.5 Å². The minimum Gasteiger partial charge on any atom is -0.491 e. The molecule has 1 unspecified atom stereocenters. The highest BCUT2D eigenvalue weighted by Gasteiger charge is 2.20. The number of aliphatic hydroxyl groups excluding tert-OH is 1. The number of nitrogens with zero attached hydrogens (tertiary/aromatic N) is 1. The molecular formula is C21H27NO2. The van der Waals surface area contributed by atoms with Crippen molar-refractivity contribution in [3.8, 4) is 5.75 Å². The van der Waals surface area contributed by atoms with Crippen LogP contribution in [0.1, 0.15) is 30.7 Å². The molecule has 128 valence electrons. The quantitative estimate of drug-likeness (QED) is 0.842. The van der Waals surface area contributed by atoms with Gasteiger partial charge in [-0.3, -0.25) is 0 Å². The highest BCUT2D eigenvalue weighted by Crippen LogP contribution is 2.27. The largest absolute Gasteiger partial charge is 0.491 e. The van der Waals surface area contributed by atoms with Gasteiger partial charge in [0.1, 0.15) is 12.4 Å². The van der Waals surface area contributed by atoms with Gasteiger partial charge in [-0.1, -0.05) is 48.5 Å². The summed E-state index contributed by atoms with van der Waals surface area (Å²) in [5.41, 5.74) is 1.47. The van der Waals surface area contributed by atoms with Crippen LogP contribution in [0.3, 0.4) is 0 Å². The van der Waals surface area contributed by atoms with Crippen molar-refractivity contribution in [2.24, 2.45) is 0 Å². The fourth-order valence-electron chi connectivity index (χ4n) is 3.34. The van der Waals surface area contributed by atoms with Gasteiger partial charge in [-0.25, -0.2) is 0 Å². The van der Waals surface area contributed by atoms with Crippen LogP contribution in [0, 0.1) is 0 Å². The molecule has 1 fully saturated rings. The number of likely N-dealkylation sites (tertiary alicyclic amines) is 1. The van der Waals surface area contributed by atoms with Crippen LogP contribution in [-0.2, 0) is 0 Å². The number of piperidine rings is 1. The third-order valence-electron chi connectivity index (χ3n) is 4.82. The monoisotopic (exact) mass is 325 g/mol. The first-order valence-corrected chi connectivity index (χ1v) is 8.94. The van der Waals surface area contributed by atoms with Crippen LogP contribution >= 0.6 is 0 Å². The molecule has 0 saturated carbocycles. The fraction of sp³-hybridized carbons (Fsp3) is 0.429. The minimum absolute atomic E-state index is 0.366. The zero-order chi connectivity index (χ0) is 16.6. The van der Waals surface area contributed by atoms with Crippen molar-refractivity contribution in [1.29, 1.82) is 0 Å². The summed E-state index contributed by atoms with van der Waals surface area (Å²) in [5, 5.41) is 10.1. The standard InChI is InChI=1S/C21H27NO2/c23-20(17-24-21-9-5-2-6-10-21)13-16-22-14-11-19(12-15-22)18-7-3-1-4-8-18/h1-10,19-20,23H,11-17H2. The molecule has 2 aromatic carbocycles. The molecule has 1 aliphatic rings. The van der Waals surface area contributed by atoms with E-state index in [4.69, 9.17) is 4.74 Å². The summed E-state index contributed by atoms with van der Waals surface area (Å²) in [6, 6.07) is 20.5. The van der Waals surface area contributed by atoms with Crippen LogP contribution in [0.15, 0.2) is 60.7 Å². The van der Waals surface area contributed by atoms with Crippen molar-refractivity contribution in [3.05, 3.63) is 66.2 Å². The smallest absolute Gasteiger partial charge is 0.119 e. The third-order valence-corrected chi connectivity index (χ3v) is 4.82. The molecular weight excluding hydrogens is 298 g/mol. The van der Waals surface area contributed by atoms with Crippen LogP contribution in [0.4, 0.5) is 0 Å². The van der Waals surface area contributed by atoms with Crippen molar-refractivity contribution in [1.82, 2.24) is 4.90 Å². The maximum Gasteiger partial charge on any atom is 0.119 e. The SMILES string of the molecule is OC(CCN1CCC(c2ccccc2)CC1)COc1ccccc1. The number of para-hydroxylation sites is 1. The molecule has 3 nitrogen and oxygen atoms in total. The second-order valence-electron chi connectivity index (χ2n) is 6.59. The maximum absolute atomic E-state index is 10.1. The Labute approximate surface area is 144 Å². The summed E-state index contributed by atoms with van der Waals surface area (Å²) in [4.78, 5) is 2.46. The summed E-state index contributed by atoms with van der Waals surface area (Å²) in [5.74, 6) is 1.51. The Morgan fingerprint density at radius 2 is 1.58 bits per heavy atom. The van der Waals surface area contributed by atoms with Gasteiger partial charge in [0.05, 0.1) is 6.10 Å². The number of rotatable bonds is 7. The molecule has 0 spiro atoms. The predicted octanol–water partition coefficient (Wildman–Crippen LogP) is 3.70. The van der Waals surface area contributed by atoms with Crippen molar-refractivity contribution >= 4 is 0 Å². The molecule has 0 aliphatic carbocycles. The highest BCUT2D eigenvalue weighted by molar-refractivity contribution is 5.21. The van der Waals surface area contributed by atoms with Crippen LogP contribution in [0.2, 0.25) is 0 Å². The molecule has 1 heterocycles. The van der Waals surface area contributed by atoms with Crippen molar-refractivity contribution in [3.63, 3.8) is 0 Å². The molecule has 1 aliphatic heterocycles. The second-order valence-corrected chi connectivity index (χ2v) is 6.59.